The van der Waals surface area contributed by atoms with Gasteiger partial charge in [0.15, 0.2) is 5.82 Å². The van der Waals surface area contributed by atoms with Crippen LogP contribution in [0.4, 0.5) is 5.82 Å². The van der Waals surface area contributed by atoms with E-state index in [2.05, 4.69) is 30.1 Å². The summed E-state index contributed by atoms with van der Waals surface area (Å²) in [5, 5.41) is 4.99. The summed E-state index contributed by atoms with van der Waals surface area (Å²) in [4.78, 5) is 32.3. The van der Waals surface area contributed by atoms with Crippen LogP contribution in [0.15, 0.2) is 48.0 Å². The smallest absolute Gasteiger partial charge is 0.239 e. The number of aromatic nitrogens is 3. The summed E-state index contributed by atoms with van der Waals surface area (Å²) in [6.45, 7) is 5.92. The van der Waals surface area contributed by atoms with Crippen LogP contribution in [0.25, 0.3) is 22.1 Å². The van der Waals surface area contributed by atoms with Crippen LogP contribution >= 0.6 is 11.3 Å². The molecule has 0 radical (unpaired) electrons. The highest BCUT2D eigenvalue weighted by Crippen LogP contribution is 2.26. The van der Waals surface area contributed by atoms with E-state index in [1.807, 2.05) is 35.7 Å². The predicted molar refractivity (Wildman–Crippen MR) is 129 cm³/mol. The molecule has 0 saturated carbocycles. The average Bonchev–Trinajstić information content (AvgIpc) is 3.41. The van der Waals surface area contributed by atoms with Gasteiger partial charge in [0.05, 0.1) is 36.0 Å². The number of anilines is 1. The zero-order chi connectivity index (χ0) is 22.5. The van der Waals surface area contributed by atoms with Crippen molar-refractivity contribution in [2.75, 3.05) is 51.3 Å². The van der Waals surface area contributed by atoms with Crippen LogP contribution in [0.1, 0.15) is 12.8 Å². The maximum atomic E-state index is 12.9. The average molecular weight is 465 g/mol. The number of nitrogens with one attached hydrogen (secondary N) is 1. The topological polar surface area (TPSA) is 83.5 Å². The molecule has 0 aliphatic carbocycles. The first-order chi connectivity index (χ1) is 16.2. The van der Waals surface area contributed by atoms with Gasteiger partial charge in [-0.15, -0.1) is 11.3 Å². The SMILES string of the molecule is O=C(CN1CCC(N2CCOCC2)CC1)Nc1cc(-c2ccccn2)nc(-c2cccs2)n1. The van der Waals surface area contributed by atoms with Crippen LogP contribution in [-0.2, 0) is 9.53 Å². The molecule has 2 fully saturated rings. The number of ether oxygens (including phenoxy) is 1. The summed E-state index contributed by atoms with van der Waals surface area (Å²) < 4.78 is 5.47. The normalized spacial score (nSPS) is 18.3. The van der Waals surface area contributed by atoms with E-state index in [0.29, 0.717) is 29.9 Å². The summed E-state index contributed by atoms with van der Waals surface area (Å²) in [5.41, 5.74) is 1.44. The van der Waals surface area contributed by atoms with Gasteiger partial charge in [0.1, 0.15) is 5.82 Å². The number of likely N-dealkylation sites (tertiary alicyclic amines) is 1. The minimum Gasteiger partial charge on any atom is -0.379 e. The molecule has 1 N–H and O–H groups in total. The first-order valence-corrected chi connectivity index (χ1v) is 12.3. The van der Waals surface area contributed by atoms with Crippen molar-refractivity contribution >= 4 is 23.1 Å². The molecule has 2 aliphatic rings. The number of thiophene rings is 1. The highest BCUT2D eigenvalue weighted by atomic mass is 32.1. The number of morpholine rings is 1. The number of carbonyl (C=O) groups excluding carboxylic acids is 1. The molecule has 0 atom stereocenters. The van der Waals surface area contributed by atoms with Gasteiger partial charge in [0.2, 0.25) is 5.91 Å². The molecule has 3 aromatic heterocycles. The van der Waals surface area contributed by atoms with Gasteiger partial charge in [0.25, 0.3) is 0 Å². The van der Waals surface area contributed by atoms with E-state index in [1.165, 1.54) is 0 Å². The summed E-state index contributed by atoms with van der Waals surface area (Å²) in [7, 11) is 0. The number of amides is 1. The molecule has 5 heterocycles. The number of nitrogens with zero attached hydrogens (tertiary/aromatic N) is 5. The van der Waals surface area contributed by atoms with Gasteiger partial charge in [-0.25, -0.2) is 9.97 Å². The molecule has 8 nitrogen and oxygen atoms in total. The zero-order valence-corrected chi connectivity index (χ0v) is 19.3. The molecule has 5 rings (SSSR count). The third-order valence-electron chi connectivity index (χ3n) is 6.15. The van der Waals surface area contributed by atoms with E-state index in [0.717, 1.165) is 62.8 Å². The van der Waals surface area contributed by atoms with Crippen LogP contribution in [0.5, 0.6) is 0 Å². The lowest BCUT2D eigenvalue weighted by atomic mass is 10.0. The van der Waals surface area contributed by atoms with E-state index < -0.39 is 0 Å². The van der Waals surface area contributed by atoms with Crippen molar-refractivity contribution in [2.24, 2.45) is 0 Å². The lowest BCUT2D eigenvalue weighted by Gasteiger charge is -2.39. The molecule has 0 bridgehead atoms. The van der Waals surface area contributed by atoms with Gasteiger partial charge in [-0.2, -0.15) is 0 Å². The molecule has 9 heteroatoms. The predicted octanol–water partition coefficient (Wildman–Crippen LogP) is 3.00. The van der Waals surface area contributed by atoms with E-state index in [1.54, 1.807) is 23.6 Å². The van der Waals surface area contributed by atoms with Crippen molar-refractivity contribution in [3.05, 3.63) is 48.0 Å². The van der Waals surface area contributed by atoms with Crippen LogP contribution in [0, 0.1) is 0 Å². The Bertz CT molecular complexity index is 1050. The number of hydrogen-bond acceptors (Lipinski definition) is 8. The molecule has 0 spiro atoms. The molecule has 2 aliphatic heterocycles. The minimum absolute atomic E-state index is 0.0531. The highest BCUT2D eigenvalue weighted by Gasteiger charge is 2.26. The lowest BCUT2D eigenvalue weighted by molar-refractivity contribution is -0.117. The van der Waals surface area contributed by atoms with Gasteiger partial charge < -0.3 is 10.1 Å². The largest absolute Gasteiger partial charge is 0.379 e. The fourth-order valence-corrected chi connectivity index (χ4v) is 5.10. The van der Waals surface area contributed by atoms with Gasteiger partial charge in [0, 0.05) is 44.5 Å². The van der Waals surface area contributed by atoms with E-state index in [-0.39, 0.29) is 5.91 Å². The third-order valence-corrected chi connectivity index (χ3v) is 7.01. The Morgan fingerprint density at radius 3 is 2.64 bits per heavy atom. The van der Waals surface area contributed by atoms with E-state index in [9.17, 15) is 4.79 Å². The zero-order valence-electron chi connectivity index (χ0n) is 18.5. The second-order valence-electron chi connectivity index (χ2n) is 8.36. The van der Waals surface area contributed by atoms with Gasteiger partial charge in [-0.1, -0.05) is 12.1 Å². The molecular formula is C24H28N6O2S. The Kier molecular flexibility index (Phi) is 7.01. The summed E-state index contributed by atoms with van der Waals surface area (Å²) in [5.74, 6) is 1.04. The summed E-state index contributed by atoms with van der Waals surface area (Å²) in [6, 6.07) is 12.0. The number of piperidine rings is 1. The van der Waals surface area contributed by atoms with Gasteiger partial charge >= 0.3 is 0 Å². The van der Waals surface area contributed by atoms with Crippen LogP contribution < -0.4 is 5.32 Å². The van der Waals surface area contributed by atoms with Crippen molar-refractivity contribution in [1.82, 2.24) is 24.8 Å². The molecule has 3 aromatic rings. The van der Waals surface area contributed by atoms with Crippen molar-refractivity contribution in [3.63, 3.8) is 0 Å². The lowest BCUT2D eigenvalue weighted by Crippen LogP contribution is -2.50. The first kappa shape index (κ1) is 22.1. The fraction of sp³-hybridized carbons (Fsp3) is 0.417. The second-order valence-corrected chi connectivity index (χ2v) is 9.31. The highest BCUT2D eigenvalue weighted by molar-refractivity contribution is 7.13. The number of rotatable bonds is 6. The number of carbonyl (C=O) groups is 1. The molecule has 0 aromatic carbocycles. The maximum absolute atomic E-state index is 12.9. The third kappa shape index (κ3) is 5.62. The quantitative estimate of drug-likeness (QED) is 0.600. The molecule has 2 saturated heterocycles. The number of pyridine rings is 1. The van der Waals surface area contributed by atoms with Crippen LogP contribution in [0.3, 0.4) is 0 Å². The first-order valence-electron chi connectivity index (χ1n) is 11.4. The molecule has 1 amide bonds. The van der Waals surface area contributed by atoms with Crippen molar-refractivity contribution < 1.29 is 9.53 Å². The van der Waals surface area contributed by atoms with Gasteiger partial charge in [-0.05, 0) is 36.4 Å². The van der Waals surface area contributed by atoms with Crippen LogP contribution in [0.2, 0.25) is 0 Å². The van der Waals surface area contributed by atoms with Crippen molar-refractivity contribution in [1.29, 1.82) is 0 Å². The molecule has 0 unspecified atom stereocenters. The van der Waals surface area contributed by atoms with E-state index in [4.69, 9.17) is 4.74 Å². The fourth-order valence-electron chi connectivity index (χ4n) is 4.44. The maximum Gasteiger partial charge on any atom is 0.239 e. The van der Waals surface area contributed by atoms with Crippen LogP contribution in [-0.4, -0.2) is 82.6 Å². The Morgan fingerprint density at radius 1 is 1.06 bits per heavy atom. The number of hydrogen-bond donors (Lipinski definition) is 1. The minimum atomic E-state index is -0.0531. The van der Waals surface area contributed by atoms with Crippen molar-refractivity contribution in [3.8, 4) is 22.1 Å². The standard InChI is InChI=1S/C24H28N6O2S/c31-23(17-29-9-6-18(7-10-29)30-11-13-32-14-12-30)27-22-16-20(19-4-1-2-8-25-19)26-24(28-22)21-5-3-15-33-21/h1-5,8,15-16,18H,6-7,9-14,17H2,(H,26,27,28,31). The Morgan fingerprint density at radius 2 is 1.91 bits per heavy atom. The van der Waals surface area contributed by atoms with Crippen molar-refractivity contribution in [2.45, 2.75) is 18.9 Å². The summed E-state index contributed by atoms with van der Waals surface area (Å²) in [6.07, 6.45) is 3.92. The summed E-state index contributed by atoms with van der Waals surface area (Å²) >= 11 is 1.57. The molecular weight excluding hydrogens is 436 g/mol. The Hall–Kier alpha value is -2.72. The Balaban J connectivity index is 1.24. The van der Waals surface area contributed by atoms with E-state index >= 15 is 0 Å². The molecule has 33 heavy (non-hydrogen) atoms. The molecule has 172 valence electrons. The second kappa shape index (κ2) is 10.5. The van der Waals surface area contributed by atoms with Gasteiger partial charge in [-0.3, -0.25) is 19.6 Å². The Labute approximate surface area is 197 Å². The monoisotopic (exact) mass is 464 g/mol.